The number of pyridine rings is 1. The Hall–Kier alpha value is -2.49. The van der Waals surface area contributed by atoms with Gasteiger partial charge in [0.15, 0.2) is 11.8 Å². The lowest BCUT2D eigenvalue weighted by molar-refractivity contribution is 0.421. The number of halogens is 1. The van der Waals surface area contributed by atoms with Crippen LogP contribution >= 0.6 is 24.0 Å². The molecule has 26 heavy (non-hydrogen) atoms. The van der Waals surface area contributed by atoms with Crippen LogP contribution in [-0.4, -0.2) is 27.6 Å². The first-order valence-corrected chi connectivity index (χ1v) is 7.99. The Bertz CT molecular complexity index is 858. The Labute approximate surface area is 169 Å². The minimum Gasteiger partial charge on any atom is -0.370 e. The van der Waals surface area contributed by atoms with Crippen LogP contribution in [0.5, 0.6) is 0 Å². The summed E-state index contributed by atoms with van der Waals surface area (Å²) in [6.07, 6.45) is 2.22. The summed E-state index contributed by atoms with van der Waals surface area (Å²) in [7, 11) is 0. The van der Waals surface area contributed by atoms with Crippen LogP contribution in [0.3, 0.4) is 0 Å². The number of aromatic nitrogens is 3. The van der Waals surface area contributed by atoms with Crippen molar-refractivity contribution < 1.29 is 4.52 Å². The number of aliphatic imine (C=N–C) groups is 1. The molecule has 0 bridgehead atoms. The smallest absolute Gasteiger partial charge is 0.276 e. The molecule has 8 heteroatoms. The fourth-order valence-electron chi connectivity index (χ4n) is 2.46. The summed E-state index contributed by atoms with van der Waals surface area (Å²) in [5.41, 5.74) is 9.85. The Morgan fingerprint density at radius 3 is 2.65 bits per heavy atom. The Balaban J connectivity index is 0.00000243. The van der Waals surface area contributed by atoms with Crippen LogP contribution in [0.25, 0.3) is 11.6 Å². The molecule has 136 valence electrons. The summed E-state index contributed by atoms with van der Waals surface area (Å²) in [6.45, 7) is 4.55. The molecule has 1 aromatic carbocycles. The highest BCUT2D eigenvalue weighted by Gasteiger charge is 2.09. The molecular weight excluding hydrogens is 443 g/mol. The third-order valence-electron chi connectivity index (χ3n) is 3.46. The summed E-state index contributed by atoms with van der Waals surface area (Å²) < 4.78 is 5.21. The van der Waals surface area contributed by atoms with Gasteiger partial charge in [0.1, 0.15) is 5.69 Å². The fraction of sp³-hybridized carbons (Fsp3) is 0.222. The minimum absolute atomic E-state index is 0. The van der Waals surface area contributed by atoms with Gasteiger partial charge in [0.05, 0.1) is 0 Å². The predicted molar refractivity (Wildman–Crippen MR) is 113 cm³/mol. The SMILES string of the molecule is Cc1cc(C)cc(NC(N)=NCCc2noc(-c3ccccn3)n2)c1.I. The van der Waals surface area contributed by atoms with Crippen molar-refractivity contribution in [2.24, 2.45) is 10.7 Å². The van der Waals surface area contributed by atoms with E-state index in [1.807, 2.05) is 44.2 Å². The summed E-state index contributed by atoms with van der Waals surface area (Å²) >= 11 is 0. The number of hydrogen-bond donors (Lipinski definition) is 2. The first kappa shape index (κ1) is 19.8. The largest absolute Gasteiger partial charge is 0.370 e. The number of anilines is 1. The normalized spacial score (nSPS) is 11.1. The van der Waals surface area contributed by atoms with Crippen molar-refractivity contribution in [1.29, 1.82) is 0 Å². The third kappa shape index (κ3) is 5.51. The molecule has 3 aromatic rings. The van der Waals surface area contributed by atoms with E-state index < -0.39 is 0 Å². The van der Waals surface area contributed by atoms with Crippen molar-refractivity contribution in [2.45, 2.75) is 20.3 Å². The zero-order chi connectivity index (χ0) is 17.6. The Morgan fingerprint density at radius 1 is 1.19 bits per heavy atom. The average Bonchev–Trinajstić information content (AvgIpc) is 3.03. The van der Waals surface area contributed by atoms with E-state index in [1.54, 1.807) is 6.20 Å². The average molecular weight is 464 g/mol. The summed E-state index contributed by atoms with van der Waals surface area (Å²) in [5.74, 6) is 1.34. The molecule has 0 aliphatic heterocycles. The summed E-state index contributed by atoms with van der Waals surface area (Å²) in [4.78, 5) is 12.8. The van der Waals surface area contributed by atoms with Crippen molar-refractivity contribution >= 4 is 35.6 Å². The monoisotopic (exact) mass is 464 g/mol. The second kappa shape index (κ2) is 9.27. The van der Waals surface area contributed by atoms with Crippen molar-refractivity contribution in [3.8, 4) is 11.6 Å². The van der Waals surface area contributed by atoms with E-state index in [2.05, 4.69) is 31.5 Å². The van der Waals surface area contributed by atoms with Crippen LogP contribution < -0.4 is 11.1 Å². The van der Waals surface area contributed by atoms with Gasteiger partial charge in [-0.2, -0.15) is 4.98 Å². The summed E-state index contributed by atoms with van der Waals surface area (Å²) in [6, 6.07) is 11.7. The van der Waals surface area contributed by atoms with Crippen LogP contribution in [0.4, 0.5) is 5.69 Å². The number of nitrogens with two attached hydrogens (primary N) is 1. The van der Waals surface area contributed by atoms with Crippen LogP contribution in [0, 0.1) is 13.8 Å². The van der Waals surface area contributed by atoms with Crippen LogP contribution in [-0.2, 0) is 6.42 Å². The molecule has 7 nitrogen and oxygen atoms in total. The van der Waals surface area contributed by atoms with Crippen LogP contribution in [0.1, 0.15) is 17.0 Å². The maximum Gasteiger partial charge on any atom is 0.276 e. The molecule has 0 saturated carbocycles. The maximum absolute atomic E-state index is 5.93. The lowest BCUT2D eigenvalue weighted by atomic mass is 10.1. The number of aryl methyl sites for hydroxylation is 2. The van der Waals surface area contributed by atoms with Crippen molar-refractivity contribution in [1.82, 2.24) is 15.1 Å². The highest BCUT2D eigenvalue weighted by atomic mass is 127. The standard InChI is InChI=1S/C18H20N6O.HI/c1-12-9-13(2)11-14(10-12)22-18(19)21-8-6-16-23-17(25-24-16)15-5-3-4-7-20-15;/h3-5,7,9-11H,6,8H2,1-2H3,(H3,19,21,22);1H. The van der Waals surface area contributed by atoms with E-state index in [-0.39, 0.29) is 24.0 Å². The maximum atomic E-state index is 5.93. The molecule has 0 fully saturated rings. The highest BCUT2D eigenvalue weighted by molar-refractivity contribution is 14.0. The molecule has 0 saturated heterocycles. The van der Waals surface area contributed by atoms with E-state index in [0.29, 0.717) is 36.3 Å². The van der Waals surface area contributed by atoms with Crippen molar-refractivity contribution in [2.75, 3.05) is 11.9 Å². The van der Waals surface area contributed by atoms with Crippen LogP contribution in [0.15, 0.2) is 52.1 Å². The molecule has 0 atom stereocenters. The number of nitrogens with zero attached hydrogens (tertiary/aromatic N) is 4. The van der Waals surface area contributed by atoms with Gasteiger partial charge in [-0.3, -0.25) is 9.98 Å². The lowest BCUT2D eigenvalue weighted by Crippen LogP contribution is -2.23. The van der Waals surface area contributed by atoms with Gasteiger partial charge in [-0.05, 0) is 49.2 Å². The van der Waals surface area contributed by atoms with Gasteiger partial charge in [-0.1, -0.05) is 17.3 Å². The second-order valence-corrected chi connectivity index (χ2v) is 5.75. The molecule has 0 amide bonds. The molecule has 2 heterocycles. The minimum atomic E-state index is 0. The lowest BCUT2D eigenvalue weighted by Gasteiger charge is -2.07. The van der Waals surface area contributed by atoms with Gasteiger partial charge in [0, 0.05) is 24.8 Å². The van der Waals surface area contributed by atoms with Gasteiger partial charge in [-0.15, -0.1) is 24.0 Å². The van der Waals surface area contributed by atoms with Crippen molar-refractivity contribution in [3.63, 3.8) is 0 Å². The zero-order valence-electron chi connectivity index (χ0n) is 14.6. The molecular formula is C18H21IN6O. The van der Waals surface area contributed by atoms with E-state index in [0.717, 1.165) is 5.69 Å². The third-order valence-corrected chi connectivity index (χ3v) is 3.46. The van der Waals surface area contributed by atoms with E-state index >= 15 is 0 Å². The number of benzene rings is 1. The van der Waals surface area contributed by atoms with Gasteiger partial charge >= 0.3 is 0 Å². The number of hydrogen-bond acceptors (Lipinski definition) is 5. The van der Waals surface area contributed by atoms with Gasteiger partial charge < -0.3 is 15.6 Å². The highest BCUT2D eigenvalue weighted by Crippen LogP contribution is 2.14. The van der Waals surface area contributed by atoms with Crippen LogP contribution in [0.2, 0.25) is 0 Å². The zero-order valence-corrected chi connectivity index (χ0v) is 17.0. The Kier molecular flexibility index (Phi) is 7.07. The molecule has 0 unspecified atom stereocenters. The molecule has 2 aromatic heterocycles. The topological polar surface area (TPSA) is 102 Å². The number of nitrogens with one attached hydrogen (secondary N) is 1. The molecule has 3 N–H and O–H groups in total. The Morgan fingerprint density at radius 2 is 1.96 bits per heavy atom. The molecule has 0 spiro atoms. The van der Waals surface area contributed by atoms with Gasteiger partial charge in [0.2, 0.25) is 0 Å². The molecule has 0 radical (unpaired) electrons. The predicted octanol–water partition coefficient (Wildman–Crippen LogP) is 3.34. The quantitative estimate of drug-likeness (QED) is 0.341. The number of rotatable bonds is 5. The molecule has 0 aliphatic rings. The summed E-state index contributed by atoms with van der Waals surface area (Å²) in [5, 5.41) is 7.03. The van der Waals surface area contributed by atoms with E-state index in [1.165, 1.54) is 11.1 Å². The van der Waals surface area contributed by atoms with Crippen molar-refractivity contribution in [3.05, 3.63) is 59.5 Å². The number of guanidine groups is 1. The van der Waals surface area contributed by atoms with E-state index in [9.17, 15) is 0 Å². The first-order chi connectivity index (χ1) is 12.1. The van der Waals surface area contributed by atoms with E-state index in [4.69, 9.17) is 10.3 Å². The van der Waals surface area contributed by atoms with Gasteiger partial charge in [0.25, 0.3) is 5.89 Å². The fourth-order valence-corrected chi connectivity index (χ4v) is 2.46. The van der Waals surface area contributed by atoms with Gasteiger partial charge in [-0.25, -0.2) is 0 Å². The second-order valence-electron chi connectivity index (χ2n) is 5.75. The molecule has 3 rings (SSSR count). The molecule has 0 aliphatic carbocycles. The first-order valence-electron chi connectivity index (χ1n) is 7.99.